The average Bonchev–Trinajstić information content (AvgIpc) is 1.67. The summed E-state index contributed by atoms with van der Waals surface area (Å²) in [7, 11) is -6.58. The molecule has 0 bridgehead atoms. The molecule has 4 aliphatic rings. The van der Waals surface area contributed by atoms with Crippen LogP contribution in [0, 0.1) is 12.3 Å². The predicted octanol–water partition coefficient (Wildman–Crippen LogP) is 11.6. The van der Waals surface area contributed by atoms with Gasteiger partial charge in [0.15, 0.2) is 0 Å². The van der Waals surface area contributed by atoms with Gasteiger partial charge in [-0.05, 0) is 159 Å². The normalized spacial score (nSPS) is 12.4. The fraction of sp³-hybridized carbons (Fsp3) is 0.487. The number of rotatable bonds is 32. The van der Waals surface area contributed by atoms with Crippen molar-refractivity contribution < 1.29 is 151 Å². The van der Waals surface area contributed by atoms with Crippen molar-refractivity contribution in [3.63, 3.8) is 0 Å². The number of nitrogens with one attached hydrogen (secondary N) is 1. The Kier molecular flexibility index (Phi) is 67.3. The molecule has 0 spiro atoms. The molecule has 0 fully saturated rings. The van der Waals surface area contributed by atoms with E-state index in [1.807, 2.05) is 13.1 Å². The number of imide groups is 4. The summed E-state index contributed by atoms with van der Waals surface area (Å²) in [6.45, 7) is 21.5. The number of benzene rings is 4. The number of ether oxygens (including phenoxy) is 2. The molecule has 0 atom stereocenters. The summed E-state index contributed by atoms with van der Waals surface area (Å²) in [5.74, 6) is -0.0645. The second-order valence-electron chi connectivity index (χ2n) is 24.8. The first-order chi connectivity index (χ1) is 59.0. The van der Waals surface area contributed by atoms with E-state index in [4.69, 9.17) is 108 Å². The molecule has 48 heteroatoms. The van der Waals surface area contributed by atoms with Crippen LogP contribution < -0.4 is 34.9 Å². The fourth-order valence-electron chi connectivity index (χ4n) is 9.37. The van der Waals surface area contributed by atoms with Crippen molar-refractivity contribution >= 4 is 112 Å². The van der Waals surface area contributed by atoms with Crippen LogP contribution in [0.2, 0.25) is 0 Å². The minimum atomic E-state index is -6.29. The van der Waals surface area contributed by atoms with Crippen LogP contribution in [0.4, 0.5) is 13.6 Å². The molecule has 2 aromatic heterocycles. The van der Waals surface area contributed by atoms with E-state index in [9.17, 15) is 51.9 Å². The number of alkyl carbamates (subject to hydrolysis) is 1. The summed E-state index contributed by atoms with van der Waals surface area (Å²) in [5, 5.41) is 34.4. The molecule has 4 aromatic carbocycles. The molecule has 0 saturated carbocycles. The number of fused-ring (bicyclic) bond motifs is 4. The molecular formula is C76H105BrCl3CuF2N19NaO20S-5. The van der Waals surface area contributed by atoms with Crippen LogP contribution in [0.1, 0.15) is 216 Å². The van der Waals surface area contributed by atoms with Crippen molar-refractivity contribution in [2.24, 2.45) is 5.11 Å². The quantitative estimate of drug-likeness (QED) is 0.00456. The Morgan fingerprint density at radius 1 is 0.629 bits per heavy atom. The van der Waals surface area contributed by atoms with Gasteiger partial charge in [0.2, 0.25) is 0 Å². The Bertz CT molecular complexity index is 4230. The van der Waals surface area contributed by atoms with Crippen molar-refractivity contribution in [1.29, 1.82) is 0 Å². The average molecular weight is 1950 g/mol. The molecule has 10 rings (SSSR count). The van der Waals surface area contributed by atoms with Crippen LogP contribution in [-0.4, -0.2) is 234 Å². The summed E-state index contributed by atoms with van der Waals surface area (Å²) in [5.41, 5.74) is 25.2. The number of amides is 9. The topological polar surface area (TPSA) is 555 Å². The third-order valence-corrected chi connectivity index (χ3v) is 16.2. The number of hydrogen-bond donors (Lipinski definition) is 2. The first-order valence-corrected chi connectivity index (χ1v) is 42.3. The van der Waals surface area contributed by atoms with Crippen molar-refractivity contribution in [1.82, 2.24) is 60.5 Å². The Morgan fingerprint density at radius 2 is 0.935 bits per heavy atom. The molecule has 6 heterocycles. The van der Waals surface area contributed by atoms with Crippen LogP contribution in [-0.2, 0) is 64.5 Å². The van der Waals surface area contributed by atoms with Crippen LogP contribution in [0.25, 0.3) is 31.3 Å². The van der Waals surface area contributed by atoms with Gasteiger partial charge < -0.3 is 41.1 Å². The van der Waals surface area contributed by atoms with Gasteiger partial charge in [-0.25, -0.2) is 4.79 Å². The van der Waals surface area contributed by atoms with Crippen LogP contribution in [0.5, 0.6) is 0 Å². The first-order valence-electron chi connectivity index (χ1n) is 38.5. The van der Waals surface area contributed by atoms with E-state index in [-0.39, 0.29) is 71.0 Å². The molecule has 0 aliphatic carbocycles. The van der Waals surface area contributed by atoms with Gasteiger partial charge in [0, 0.05) is 68.0 Å². The van der Waals surface area contributed by atoms with Crippen LogP contribution in [0.15, 0.2) is 115 Å². The van der Waals surface area contributed by atoms with Gasteiger partial charge in [0.1, 0.15) is 11.3 Å². The fourth-order valence-corrected chi connectivity index (χ4v) is 10.3. The molecule has 4 N–H and O–H groups in total. The van der Waals surface area contributed by atoms with Gasteiger partial charge in [-0.2, -0.15) is 0 Å². The summed E-state index contributed by atoms with van der Waals surface area (Å²) in [4.78, 5) is 131. The first kappa shape index (κ1) is 118. The molecule has 4 aliphatic heterocycles. The second-order valence-corrected chi connectivity index (χ2v) is 29.7. The van der Waals surface area contributed by atoms with Crippen molar-refractivity contribution in [3.8, 4) is 12.3 Å². The maximum atomic E-state index is 12.2. The molecule has 9 amide bonds. The summed E-state index contributed by atoms with van der Waals surface area (Å²) < 4.78 is 80.3. The SMILES string of the molecule is C#CCC.CC(C)(C)OC(=O)NCc1cn(CCCCON2C(=O)c3ccccc3C2=O)nn1.CCN(CC)CC.COCCCCn1cc(C[N-]Cl)nn1.ClCCCCBr.O.O=C1c2ccccc2C(=O)N1O.O=C1c2ccccc2C(=O)N1OCCCCCl.[2H]CF.[2H]CF.[N-]=[N+]=NCCCCON1C(=O)c2ccccc2C1=O.[N-]=[N+]=[N-].[Na+].[O-][S]([O-])([O-])([O-])=[Cu]. The zero-order chi connectivity index (χ0) is 94.1. The molecule has 0 radical (unpaired) electrons. The number of aromatic nitrogens is 6. The Labute approximate surface area is 774 Å². The number of methoxy groups -OCH3 is 1. The number of carbonyl (C=O) groups is 9. The zero-order valence-electron chi connectivity index (χ0n) is 72.1. The van der Waals surface area contributed by atoms with Crippen LogP contribution >= 0.6 is 59.1 Å². The molecule has 6 aromatic rings. The van der Waals surface area contributed by atoms with Crippen LogP contribution in [0.3, 0.4) is 0 Å². The van der Waals surface area contributed by atoms with Crippen molar-refractivity contribution in [2.45, 2.75) is 151 Å². The van der Waals surface area contributed by atoms with E-state index >= 15 is 0 Å². The molecule has 124 heavy (non-hydrogen) atoms. The van der Waals surface area contributed by atoms with Gasteiger partial charge in [-0.15, -0.1) is 66.0 Å². The minimum absolute atomic E-state index is 0. The third-order valence-electron chi connectivity index (χ3n) is 15.0. The zero-order valence-corrected chi connectivity index (χ0v) is 77.7. The summed E-state index contributed by atoms with van der Waals surface area (Å²) in [6, 6.07) is 26.2. The molecule has 0 saturated heterocycles. The van der Waals surface area contributed by atoms with E-state index < -0.39 is 81.5 Å². The Hall–Kier alpha value is -8.23. The van der Waals surface area contributed by atoms with Gasteiger partial charge in [0.25, 0.3) is 47.3 Å². The number of hydroxylamine groups is 8. The monoisotopic (exact) mass is 1950 g/mol. The number of terminal acetylenes is 1. The van der Waals surface area contributed by atoms with Gasteiger partial charge in [-0.3, -0.25) is 92.9 Å². The van der Waals surface area contributed by atoms with E-state index in [0.717, 1.165) is 83.8 Å². The number of carbonyl (C=O) groups excluding carboxylic acids is 9. The van der Waals surface area contributed by atoms with Gasteiger partial charge >= 0.3 is 76.5 Å². The number of aryl methyl sites for hydroxylation is 2. The Balaban J connectivity index is -0.000000690. The molecule has 0 unspecified atom stereocenters. The number of unbranched alkanes of at least 4 members (excludes halogenated alkanes) is 5. The predicted molar refractivity (Wildman–Crippen MR) is 452 cm³/mol. The van der Waals surface area contributed by atoms with E-state index in [2.05, 4.69) is 103 Å². The summed E-state index contributed by atoms with van der Waals surface area (Å²) in [6.07, 6.45) is 17.2. The van der Waals surface area contributed by atoms with E-state index in [1.54, 1.807) is 128 Å². The van der Waals surface area contributed by atoms with Gasteiger partial charge in [-0.1, -0.05) is 114 Å². The number of hydrogen-bond acceptors (Lipinski definition) is 25. The standard InChI is InChI=1S/C20H25N5O5.C12H12ClNO3.C12H12N4O3.C8H14ClN4O.C8H5NO3.C6H15N.C4H8BrCl.C4H6.2CH3F.Cu.N3.Na.H4O4S.H2O/c1-20(2,3)30-19(28)21-12-14-13-24(23-22-14)10-6-7-11-29-25-17(26)15-8-4-5-9-16(15)18(25)27;13-7-3-4-8-17-14-11(15)9-5-1-2-6-10(9)12(14)16;13-15-14-7-3-4-8-19-16-11(17)9-5-1-2-6-10(9)12(16)18;1-14-5-3-2-4-13-7-8(6-10-9)11-12-13;10-7-5-3-1-2-4-6(5)8(11)9(7)12;1-4-7(5-2)6-3;5-3-1-2-4-6;1-3-4-2;2*1-2;;1-3-2;;1-5(2,3)4;/h4-5,8-9,13H,6-7,10-12H2,1-3H3,(H,21,28);1-2,5-6H,3-4,7-8H2;1-2,5-6H,3-4,7-8H2;7H,2-6H2,1H3;1-4,12H;4-6H2,1-3H3;1-4H2;1H,4H2,2H3;2*1H3;;;;1-4H;1H2/q;;;-1;;;;;;;;-1;+1;;/p-4/i;;;;;;;;2*1D;;;;;. The van der Waals surface area contributed by atoms with Gasteiger partial charge in [0.05, 0.1) is 99.8 Å². The van der Waals surface area contributed by atoms with E-state index in [0.29, 0.717) is 96.9 Å². The van der Waals surface area contributed by atoms with E-state index in [1.165, 1.54) is 43.1 Å². The number of azide groups is 1. The van der Waals surface area contributed by atoms with Crippen molar-refractivity contribution in [3.05, 3.63) is 197 Å². The van der Waals surface area contributed by atoms with Crippen molar-refractivity contribution in [2.75, 3.05) is 91.1 Å². The number of nitrogens with zero attached hydrogens (tertiary/aromatic N) is 18. The molecular weight excluding hydrogens is 1840 g/mol. The molecule has 689 valence electrons. The Morgan fingerprint density at radius 3 is 1.22 bits per heavy atom. The number of alkyl halides is 5. The third kappa shape index (κ3) is 50.8. The maximum absolute atomic E-state index is 12.2. The molecule has 39 nitrogen and oxygen atoms in total. The number of halogens is 6. The second kappa shape index (κ2) is 70.9. The summed E-state index contributed by atoms with van der Waals surface area (Å²) >= 11 is 22.5.